The summed E-state index contributed by atoms with van der Waals surface area (Å²) in [7, 11) is 1.65. The van der Waals surface area contributed by atoms with Gasteiger partial charge in [-0.1, -0.05) is 12.1 Å². The summed E-state index contributed by atoms with van der Waals surface area (Å²) >= 11 is 0. The number of hydrogen-bond donors (Lipinski definition) is 1. The molecular formula is C16H19NO3. The Morgan fingerprint density at radius 1 is 1.25 bits per heavy atom. The molecule has 0 aliphatic heterocycles. The molecule has 1 heterocycles. The van der Waals surface area contributed by atoms with Crippen LogP contribution >= 0.6 is 0 Å². The van der Waals surface area contributed by atoms with Gasteiger partial charge in [0, 0.05) is 19.4 Å². The quantitative estimate of drug-likeness (QED) is 0.843. The van der Waals surface area contributed by atoms with Crippen LogP contribution in [0.3, 0.4) is 0 Å². The number of nitrogens with one attached hydrogen (secondary N) is 1. The average Bonchev–Trinajstić information content (AvgIpc) is 2.99. The molecule has 0 saturated carbocycles. The van der Waals surface area contributed by atoms with Crippen molar-refractivity contribution in [3.8, 4) is 5.75 Å². The zero-order chi connectivity index (χ0) is 14.2. The van der Waals surface area contributed by atoms with Gasteiger partial charge in [-0.05, 0) is 36.2 Å². The topological polar surface area (TPSA) is 51.5 Å². The smallest absolute Gasteiger partial charge is 0.220 e. The van der Waals surface area contributed by atoms with Gasteiger partial charge in [-0.2, -0.15) is 0 Å². The highest BCUT2D eigenvalue weighted by atomic mass is 16.5. The fourth-order valence-electron chi connectivity index (χ4n) is 1.95. The molecule has 0 bridgehead atoms. The normalized spacial score (nSPS) is 10.2. The minimum absolute atomic E-state index is 0.0456. The van der Waals surface area contributed by atoms with Gasteiger partial charge in [0.2, 0.25) is 5.91 Å². The maximum Gasteiger partial charge on any atom is 0.220 e. The van der Waals surface area contributed by atoms with Gasteiger partial charge in [-0.3, -0.25) is 4.79 Å². The Labute approximate surface area is 118 Å². The highest BCUT2D eigenvalue weighted by molar-refractivity contribution is 5.76. The van der Waals surface area contributed by atoms with E-state index in [0.29, 0.717) is 19.4 Å². The van der Waals surface area contributed by atoms with E-state index in [1.807, 2.05) is 36.4 Å². The summed E-state index contributed by atoms with van der Waals surface area (Å²) in [4.78, 5) is 11.7. The second-order valence-electron chi connectivity index (χ2n) is 4.53. The standard InChI is InChI=1S/C16H19NO3/c1-19-15-5-2-4-13(12-15)9-10-17-16(18)8-7-14-6-3-11-20-14/h2-6,11-12H,7-10H2,1H3,(H,17,18). The maximum absolute atomic E-state index is 11.7. The Morgan fingerprint density at radius 2 is 2.15 bits per heavy atom. The molecule has 1 N–H and O–H groups in total. The molecule has 106 valence electrons. The number of furan rings is 1. The number of carbonyl (C=O) groups excluding carboxylic acids is 1. The average molecular weight is 273 g/mol. The van der Waals surface area contributed by atoms with Crippen LogP contribution in [0, 0.1) is 0 Å². The molecule has 0 aliphatic rings. The van der Waals surface area contributed by atoms with Crippen LogP contribution in [0.2, 0.25) is 0 Å². The van der Waals surface area contributed by atoms with Gasteiger partial charge in [0.25, 0.3) is 0 Å². The van der Waals surface area contributed by atoms with E-state index in [9.17, 15) is 4.79 Å². The van der Waals surface area contributed by atoms with Crippen LogP contribution in [-0.4, -0.2) is 19.6 Å². The van der Waals surface area contributed by atoms with Crippen molar-refractivity contribution in [2.24, 2.45) is 0 Å². The lowest BCUT2D eigenvalue weighted by molar-refractivity contribution is -0.121. The summed E-state index contributed by atoms with van der Waals surface area (Å²) in [5.41, 5.74) is 1.15. The van der Waals surface area contributed by atoms with E-state index in [0.717, 1.165) is 23.5 Å². The summed E-state index contributed by atoms with van der Waals surface area (Å²) in [6.07, 6.45) is 3.50. The zero-order valence-corrected chi connectivity index (χ0v) is 11.6. The van der Waals surface area contributed by atoms with Gasteiger partial charge in [0.05, 0.1) is 13.4 Å². The SMILES string of the molecule is COc1cccc(CCNC(=O)CCc2ccco2)c1. The lowest BCUT2D eigenvalue weighted by atomic mass is 10.1. The van der Waals surface area contributed by atoms with Crippen molar-refractivity contribution in [3.05, 3.63) is 54.0 Å². The Morgan fingerprint density at radius 3 is 2.90 bits per heavy atom. The Kier molecular flexibility index (Phi) is 5.24. The summed E-state index contributed by atoms with van der Waals surface area (Å²) in [5, 5.41) is 2.91. The molecular weight excluding hydrogens is 254 g/mol. The minimum atomic E-state index is 0.0456. The zero-order valence-electron chi connectivity index (χ0n) is 11.6. The van der Waals surface area contributed by atoms with E-state index >= 15 is 0 Å². The van der Waals surface area contributed by atoms with Crippen LogP contribution in [0.1, 0.15) is 17.7 Å². The second-order valence-corrected chi connectivity index (χ2v) is 4.53. The molecule has 2 aromatic rings. The number of ether oxygens (including phenoxy) is 1. The predicted molar refractivity (Wildman–Crippen MR) is 76.7 cm³/mol. The third-order valence-electron chi connectivity index (χ3n) is 3.05. The first kappa shape index (κ1) is 14.2. The van der Waals surface area contributed by atoms with Crippen LogP contribution in [0.4, 0.5) is 0 Å². The number of amides is 1. The van der Waals surface area contributed by atoms with Gasteiger partial charge < -0.3 is 14.5 Å². The van der Waals surface area contributed by atoms with Gasteiger partial charge in [-0.25, -0.2) is 0 Å². The molecule has 2 rings (SSSR count). The van der Waals surface area contributed by atoms with Crippen molar-refractivity contribution in [3.63, 3.8) is 0 Å². The second kappa shape index (κ2) is 7.38. The number of rotatable bonds is 7. The van der Waals surface area contributed by atoms with Crippen LogP contribution in [0.25, 0.3) is 0 Å². The Hall–Kier alpha value is -2.23. The first-order chi connectivity index (χ1) is 9.78. The van der Waals surface area contributed by atoms with Gasteiger partial charge >= 0.3 is 0 Å². The van der Waals surface area contributed by atoms with Crippen molar-refractivity contribution in [1.82, 2.24) is 5.32 Å². The summed E-state index contributed by atoms with van der Waals surface area (Å²) < 4.78 is 10.4. The molecule has 1 aromatic heterocycles. The van der Waals surface area contributed by atoms with Gasteiger partial charge in [-0.15, -0.1) is 0 Å². The number of methoxy groups -OCH3 is 1. The molecule has 0 radical (unpaired) electrons. The van der Waals surface area contributed by atoms with E-state index in [2.05, 4.69) is 5.32 Å². The van der Waals surface area contributed by atoms with E-state index in [4.69, 9.17) is 9.15 Å². The molecule has 1 aromatic carbocycles. The Balaban J connectivity index is 1.68. The molecule has 1 amide bonds. The number of hydrogen-bond acceptors (Lipinski definition) is 3. The predicted octanol–water partition coefficient (Wildman–Crippen LogP) is 2.58. The van der Waals surface area contributed by atoms with Crippen LogP contribution in [0.15, 0.2) is 47.1 Å². The maximum atomic E-state index is 11.7. The molecule has 4 heteroatoms. The minimum Gasteiger partial charge on any atom is -0.497 e. The molecule has 0 atom stereocenters. The molecule has 0 aliphatic carbocycles. The fourth-order valence-corrected chi connectivity index (χ4v) is 1.95. The third kappa shape index (κ3) is 4.46. The van der Waals surface area contributed by atoms with Crippen molar-refractivity contribution in [2.75, 3.05) is 13.7 Å². The summed E-state index contributed by atoms with van der Waals surface area (Å²) in [6, 6.07) is 11.6. The van der Waals surface area contributed by atoms with Crippen molar-refractivity contribution in [2.45, 2.75) is 19.3 Å². The van der Waals surface area contributed by atoms with E-state index in [-0.39, 0.29) is 5.91 Å². The molecule has 0 fully saturated rings. The van der Waals surface area contributed by atoms with Gasteiger partial charge in [0.1, 0.15) is 11.5 Å². The van der Waals surface area contributed by atoms with E-state index < -0.39 is 0 Å². The number of aryl methyl sites for hydroxylation is 1. The monoisotopic (exact) mass is 273 g/mol. The third-order valence-corrected chi connectivity index (χ3v) is 3.05. The van der Waals surface area contributed by atoms with Crippen molar-refractivity contribution < 1.29 is 13.9 Å². The molecule has 20 heavy (non-hydrogen) atoms. The van der Waals surface area contributed by atoms with Gasteiger partial charge in [0.15, 0.2) is 0 Å². The lowest BCUT2D eigenvalue weighted by Gasteiger charge is -2.06. The highest BCUT2D eigenvalue weighted by Crippen LogP contribution is 2.12. The highest BCUT2D eigenvalue weighted by Gasteiger charge is 2.03. The summed E-state index contributed by atoms with van der Waals surface area (Å²) in [6.45, 7) is 0.629. The Bertz CT molecular complexity index is 534. The van der Waals surface area contributed by atoms with E-state index in [1.54, 1.807) is 13.4 Å². The first-order valence-electron chi connectivity index (χ1n) is 6.70. The molecule has 0 unspecified atom stereocenters. The van der Waals surface area contributed by atoms with Crippen molar-refractivity contribution >= 4 is 5.91 Å². The lowest BCUT2D eigenvalue weighted by Crippen LogP contribution is -2.25. The fraction of sp³-hybridized carbons (Fsp3) is 0.312. The van der Waals surface area contributed by atoms with Crippen LogP contribution in [0.5, 0.6) is 5.75 Å². The van der Waals surface area contributed by atoms with Crippen molar-refractivity contribution in [1.29, 1.82) is 0 Å². The summed E-state index contributed by atoms with van der Waals surface area (Å²) in [5.74, 6) is 1.73. The molecule has 0 saturated heterocycles. The first-order valence-corrected chi connectivity index (χ1v) is 6.70. The van der Waals surface area contributed by atoms with Crippen LogP contribution < -0.4 is 10.1 Å². The number of benzene rings is 1. The molecule has 0 spiro atoms. The van der Waals surface area contributed by atoms with Crippen LogP contribution in [-0.2, 0) is 17.6 Å². The number of carbonyl (C=O) groups is 1. The van der Waals surface area contributed by atoms with E-state index in [1.165, 1.54) is 0 Å². The molecule has 4 nitrogen and oxygen atoms in total. The largest absolute Gasteiger partial charge is 0.497 e.